The molecule has 2 aromatic carbocycles. The van der Waals surface area contributed by atoms with Crippen LogP contribution in [-0.2, 0) is 6.54 Å². The van der Waals surface area contributed by atoms with E-state index in [1.807, 2.05) is 36.4 Å². The molecule has 3 rings (SSSR count). The topological polar surface area (TPSA) is 67.0 Å². The highest BCUT2D eigenvalue weighted by Gasteiger charge is 2.08. The van der Waals surface area contributed by atoms with Gasteiger partial charge in [-0.3, -0.25) is 9.89 Å². The fourth-order valence-corrected chi connectivity index (χ4v) is 2.21. The van der Waals surface area contributed by atoms with Gasteiger partial charge in [-0.25, -0.2) is 0 Å². The SMILES string of the molecule is COc1ccccc1CNC(=O)c1ccc2[nH]ncc2c1. The van der Waals surface area contributed by atoms with E-state index in [2.05, 4.69) is 15.5 Å². The molecule has 106 valence electrons. The molecule has 1 heterocycles. The first kappa shape index (κ1) is 13.2. The summed E-state index contributed by atoms with van der Waals surface area (Å²) in [4.78, 5) is 12.2. The molecule has 0 aliphatic carbocycles. The number of amides is 1. The molecule has 5 heteroatoms. The van der Waals surface area contributed by atoms with Crippen molar-refractivity contribution >= 4 is 16.8 Å². The number of fused-ring (bicyclic) bond motifs is 1. The number of methoxy groups -OCH3 is 1. The van der Waals surface area contributed by atoms with Crippen LogP contribution in [0, 0.1) is 0 Å². The molecule has 0 atom stereocenters. The summed E-state index contributed by atoms with van der Waals surface area (Å²) in [6.07, 6.45) is 1.70. The fraction of sp³-hybridized carbons (Fsp3) is 0.125. The van der Waals surface area contributed by atoms with Gasteiger partial charge in [0.2, 0.25) is 0 Å². The van der Waals surface area contributed by atoms with E-state index >= 15 is 0 Å². The molecule has 3 aromatic rings. The van der Waals surface area contributed by atoms with Gasteiger partial charge in [-0.2, -0.15) is 5.10 Å². The lowest BCUT2D eigenvalue weighted by molar-refractivity contribution is 0.0951. The van der Waals surface area contributed by atoms with E-state index in [0.717, 1.165) is 22.2 Å². The molecule has 0 bridgehead atoms. The number of rotatable bonds is 4. The maximum atomic E-state index is 12.2. The van der Waals surface area contributed by atoms with E-state index in [4.69, 9.17) is 4.74 Å². The molecule has 0 unspecified atom stereocenters. The van der Waals surface area contributed by atoms with Crippen LogP contribution in [0.15, 0.2) is 48.7 Å². The zero-order valence-corrected chi connectivity index (χ0v) is 11.6. The van der Waals surface area contributed by atoms with Gasteiger partial charge in [-0.15, -0.1) is 0 Å². The largest absolute Gasteiger partial charge is 0.496 e. The summed E-state index contributed by atoms with van der Waals surface area (Å²) in [6, 6.07) is 13.1. The molecule has 0 radical (unpaired) electrons. The van der Waals surface area contributed by atoms with Gasteiger partial charge < -0.3 is 10.1 Å². The molecular formula is C16H15N3O2. The van der Waals surface area contributed by atoms with Crippen molar-refractivity contribution < 1.29 is 9.53 Å². The zero-order valence-electron chi connectivity index (χ0n) is 11.6. The third-order valence-corrected chi connectivity index (χ3v) is 3.33. The van der Waals surface area contributed by atoms with Crippen LogP contribution in [0.3, 0.4) is 0 Å². The highest BCUT2D eigenvalue weighted by Crippen LogP contribution is 2.17. The molecule has 0 saturated carbocycles. The summed E-state index contributed by atoms with van der Waals surface area (Å²) >= 11 is 0. The maximum Gasteiger partial charge on any atom is 0.251 e. The first-order chi connectivity index (χ1) is 10.3. The van der Waals surface area contributed by atoms with Crippen molar-refractivity contribution in [1.29, 1.82) is 0 Å². The van der Waals surface area contributed by atoms with Gasteiger partial charge in [0.1, 0.15) is 5.75 Å². The van der Waals surface area contributed by atoms with Gasteiger partial charge in [0.25, 0.3) is 5.91 Å². The number of carbonyl (C=O) groups excluding carboxylic acids is 1. The Hall–Kier alpha value is -2.82. The van der Waals surface area contributed by atoms with Crippen LogP contribution in [0.2, 0.25) is 0 Å². The Morgan fingerprint density at radius 3 is 3.00 bits per heavy atom. The summed E-state index contributed by atoms with van der Waals surface area (Å²) in [5.74, 6) is 0.645. The van der Waals surface area contributed by atoms with Crippen LogP contribution < -0.4 is 10.1 Å². The maximum absolute atomic E-state index is 12.2. The average molecular weight is 281 g/mol. The molecule has 5 nitrogen and oxygen atoms in total. The quantitative estimate of drug-likeness (QED) is 0.772. The smallest absolute Gasteiger partial charge is 0.251 e. The Morgan fingerprint density at radius 1 is 1.29 bits per heavy atom. The average Bonchev–Trinajstić information content (AvgIpc) is 3.00. The number of aromatic nitrogens is 2. The lowest BCUT2D eigenvalue weighted by Gasteiger charge is -2.09. The Labute approximate surface area is 121 Å². The second-order valence-corrected chi connectivity index (χ2v) is 4.67. The third kappa shape index (κ3) is 2.72. The van der Waals surface area contributed by atoms with E-state index in [1.165, 1.54) is 0 Å². The minimum Gasteiger partial charge on any atom is -0.496 e. The first-order valence-electron chi connectivity index (χ1n) is 6.61. The summed E-state index contributed by atoms with van der Waals surface area (Å²) < 4.78 is 5.27. The molecule has 2 N–H and O–H groups in total. The second-order valence-electron chi connectivity index (χ2n) is 4.67. The van der Waals surface area contributed by atoms with E-state index in [-0.39, 0.29) is 5.91 Å². The van der Waals surface area contributed by atoms with Crippen LogP contribution in [-0.4, -0.2) is 23.2 Å². The number of nitrogens with zero attached hydrogens (tertiary/aromatic N) is 1. The normalized spacial score (nSPS) is 10.5. The molecular weight excluding hydrogens is 266 g/mol. The molecule has 21 heavy (non-hydrogen) atoms. The second kappa shape index (κ2) is 5.66. The van der Waals surface area contributed by atoms with Crippen molar-refractivity contribution in [1.82, 2.24) is 15.5 Å². The number of hydrogen-bond acceptors (Lipinski definition) is 3. The predicted molar refractivity (Wildman–Crippen MR) is 80.3 cm³/mol. The summed E-state index contributed by atoms with van der Waals surface area (Å²) in [6.45, 7) is 0.423. The van der Waals surface area contributed by atoms with Crippen molar-refractivity contribution in [3.63, 3.8) is 0 Å². The molecule has 0 aliphatic heterocycles. The van der Waals surface area contributed by atoms with Crippen molar-refractivity contribution in [2.75, 3.05) is 7.11 Å². The minimum absolute atomic E-state index is 0.121. The Morgan fingerprint density at radius 2 is 2.14 bits per heavy atom. The number of benzene rings is 2. The van der Waals surface area contributed by atoms with Crippen molar-refractivity contribution in [2.24, 2.45) is 0 Å². The fourth-order valence-electron chi connectivity index (χ4n) is 2.21. The molecule has 0 saturated heterocycles. The number of nitrogens with one attached hydrogen (secondary N) is 2. The van der Waals surface area contributed by atoms with Crippen LogP contribution in [0.4, 0.5) is 0 Å². The van der Waals surface area contributed by atoms with E-state index in [0.29, 0.717) is 12.1 Å². The number of ether oxygens (including phenoxy) is 1. The Bertz CT molecular complexity index is 780. The Kier molecular flexibility index (Phi) is 3.55. The van der Waals surface area contributed by atoms with Crippen LogP contribution >= 0.6 is 0 Å². The van der Waals surface area contributed by atoms with Crippen LogP contribution in [0.5, 0.6) is 5.75 Å². The molecule has 1 amide bonds. The van der Waals surface area contributed by atoms with E-state index in [9.17, 15) is 4.79 Å². The lowest BCUT2D eigenvalue weighted by atomic mass is 10.1. The highest BCUT2D eigenvalue weighted by atomic mass is 16.5. The Balaban J connectivity index is 1.74. The van der Waals surface area contributed by atoms with Crippen molar-refractivity contribution in [2.45, 2.75) is 6.54 Å². The summed E-state index contributed by atoms with van der Waals surface area (Å²) in [5, 5.41) is 10.6. The number of hydrogen-bond donors (Lipinski definition) is 2. The van der Waals surface area contributed by atoms with Crippen molar-refractivity contribution in [3.05, 3.63) is 59.8 Å². The highest BCUT2D eigenvalue weighted by molar-refractivity contribution is 5.97. The lowest BCUT2D eigenvalue weighted by Crippen LogP contribution is -2.22. The van der Waals surface area contributed by atoms with Gasteiger partial charge in [-0.1, -0.05) is 18.2 Å². The van der Waals surface area contributed by atoms with Gasteiger partial charge >= 0.3 is 0 Å². The molecule has 0 fully saturated rings. The predicted octanol–water partition coefficient (Wildman–Crippen LogP) is 2.50. The monoisotopic (exact) mass is 281 g/mol. The summed E-state index contributed by atoms with van der Waals surface area (Å²) in [5.41, 5.74) is 2.47. The molecule has 1 aromatic heterocycles. The van der Waals surface area contributed by atoms with Gasteiger partial charge in [0.05, 0.1) is 18.8 Å². The minimum atomic E-state index is -0.121. The number of aromatic amines is 1. The first-order valence-corrected chi connectivity index (χ1v) is 6.61. The van der Waals surface area contributed by atoms with Gasteiger partial charge in [0, 0.05) is 23.1 Å². The zero-order chi connectivity index (χ0) is 14.7. The van der Waals surface area contributed by atoms with Gasteiger partial charge in [0.15, 0.2) is 0 Å². The number of H-pyrrole nitrogens is 1. The molecule has 0 aliphatic rings. The molecule has 0 spiro atoms. The summed E-state index contributed by atoms with van der Waals surface area (Å²) in [7, 11) is 1.62. The van der Waals surface area contributed by atoms with Crippen LogP contribution in [0.1, 0.15) is 15.9 Å². The van der Waals surface area contributed by atoms with E-state index in [1.54, 1.807) is 19.4 Å². The standard InChI is InChI=1S/C16H15N3O2/c1-21-15-5-3-2-4-12(15)9-17-16(20)11-6-7-14-13(8-11)10-18-19-14/h2-8,10H,9H2,1H3,(H,17,20)(H,18,19). The number of carbonyl (C=O) groups is 1. The van der Waals surface area contributed by atoms with Crippen LogP contribution in [0.25, 0.3) is 10.9 Å². The van der Waals surface area contributed by atoms with Gasteiger partial charge in [-0.05, 0) is 24.3 Å². The third-order valence-electron chi connectivity index (χ3n) is 3.33. The van der Waals surface area contributed by atoms with E-state index < -0.39 is 0 Å². The number of para-hydroxylation sites is 1. The van der Waals surface area contributed by atoms with Crippen molar-refractivity contribution in [3.8, 4) is 5.75 Å².